The minimum Gasteiger partial charge on any atom is -0.351 e. The Labute approximate surface area is 158 Å². The van der Waals surface area contributed by atoms with Gasteiger partial charge in [-0.3, -0.25) is 9.59 Å². The van der Waals surface area contributed by atoms with E-state index in [0.29, 0.717) is 30.8 Å². The number of benzene rings is 1. The minimum atomic E-state index is -0.140. The average molecular weight is 382 g/mol. The maximum atomic E-state index is 12.0. The first-order valence-corrected chi connectivity index (χ1v) is 8.92. The van der Waals surface area contributed by atoms with E-state index in [1.54, 1.807) is 35.6 Å². The van der Waals surface area contributed by atoms with Crippen LogP contribution in [0.4, 0.5) is 5.69 Å². The number of hydrogen-bond donors (Lipinski definition) is 3. The van der Waals surface area contributed by atoms with E-state index in [-0.39, 0.29) is 24.2 Å². The third-order valence-electron chi connectivity index (χ3n) is 3.48. The Kier molecular flexibility index (Phi) is 9.84. The molecule has 0 saturated heterocycles. The molecular formula is C18H24ClN3O2S. The molecule has 5 nitrogen and oxygen atoms in total. The van der Waals surface area contributed by atoms with E-state index >= 15 is 0 Å². The van der Waals surface area contributed by atoms with Crippen LogP contribution in [0.2, 0.25) is 0 Å². The van der Waals surface area contributed by atoms with E-state index in [1.165, 1.54) is 4.88 Å². The summed E-state index contributed by atoms with van der Waals surface area (Å²) >= 11 is 1.71. The van der Waals surface area contributed by atoms with Crippen LogP contribution in [0.1, 0.15) is 28.1 Å². The summed E-state index contributed by atoms with van der Waals surface area (Å²) in [7, 11) is 1.83. The molecular weight excluding hydrogens is 358 g/mol. The van der Waals surface area contributed by atoms with Gasteiger partial charge in [0.2, 0.25) is 5.91 Å². The summed E-state index contributed by atoms with van der Waals surface area (Å²) in [4.78, 5) is 25.3. The van der Waals surface area contributed by atoms with Crippen LogP contribution < -0.4 is 16.0 Å². The van der Waals surface area contributed by atoms with Crippen molar-refractivity contribution in [2.75, 3.05) is 25.5 Å². The summed E-state index contributed by atoms with van der Waals surface area (Å²) in [5.41, 5.74) is 1.19. The molecule has 1 aromatic heterocycles. The van der Waals surface area contributed by atoms with Gasteiger partial charge in [-0.05, 0) is 49.5 Å². The standard InChI is InChI=1S/C18H23N3O2S.ClH/c1-19-10-11-20-18(23)14-5-2-6-15(13-14)21-17(22)9-3-7-16-8-4-12-24-16;/h2,4-6,8,12-13,19H,3,7,9-11H2,1H3,(H,20,23)(H,21,22);1H. The van der Waals surface area contributed by atoms with Gasteiger partial charge in [0.25, 0.3) is 5.91 Å². The number of aryl methyl sites for hydroxylation is 1. The summed E-state index contributed by atoms with van der Waals surface area (Å²) in [6.45, 7) is 1.28. The van der Waals surface area contributed by atoms with Gasteiger partial charge >= 0.3 is 0 Å². The summed E-state index contributed by atoms with van der Waals surface area (Å²) in [6, 6.07) is 11.1. The number of amides is 2. The molecule has 0 aliphatic carbocycles. The first kappa shape index (κ1) is 21.2. The number of rotatable bonds is 9. The third kappa shape index (κ3) is 7.69. The lowest BCUT2D eigenvalue weighted by molar-refractivity contribution is -0.116. The first-order valence-electron chi connectivity index (χ1n) is 8.04. The zero-order valence-electron chi connectivity index (χ0n) is 14.2. The molecule has 0 radical (unpaired) electrons. The number of thiophene rings is 1. The fourth-order valence-corrected chi connectivity index (χ4v) is 2.99. The molecule has 3 N–H and O–H groups in total. The van der Waals surface area contributed by atoms with Crippen molar-refractivity contribution < 1.29 is 9.59 Å². The fourth-order valence-electron chi connectivity index (χ4n) is 2.24. The lowest BCUT2D eigenvalue weighted by atomic mass is 10.1. The van der Waals surface area contributed by atoms with E-state index in [9.17, 15) is 9.59 Å². The number of carbonyl (C=O) groups excluding carboxylic acids is 2. The van der Waals surface area contributed by atoms with Crippen molar-refractivity contribution in [3.05, 3.63) is 52.2 Å². The Bertz CT molecular complexity index is 662. The maximum Gasteiger partial charge on any atom is 0.251 e. The number of anilines is 1. The molecule has 2 amide bonds. The fraction of sp³-hybridized carbons (Fsp3) is 0.333. The van der Waals surface area contributed by atoms with Gasteiger partial charge in [0.1, 0.15) is 0 Å². The molecule has 2 rings (SSSR count). The Morgan fingerprint density at radius 3 is 2.68 bits per heavy atom. The molecule has 2 aromatic rings. The number of hydrogen-bond acceptors (Lipinski definition) is 4. The molecule has 136 valence electrons. The first-order chi connectivity index (χ1) is 11.7. The van der Waals surface area contributed by atoms with Crippen LogP contribution in [-0.2, 0) is 11.2 Å². The lowest BCUT2D eigenvalue weighted by Gasteiger charge is -2.08. The minimum absolute atomic E-state index is 0. The van der Waals surface area contributed by atoms with Crippen molar-refractivity contribution in [3.63, 3.8) is 0 Å². The second kappa shape index (κ2) is 11.6. The normalized spacial score (nSPS) is 9.96. The van der Waals surface area contributed by atoms with Crippen molar-refractivity contribution in [1.29, 1.82) is 0 Å². The van der Waals surface area contributed by atoms with E-state index in [0.717, 1.165) is 12.8 Å². The maximum absolute atomic E-state index is 12.0. The largest absolute Gasteiger partial charge is 0.351 e. The van der Waals surface area contributed by atoms with Gasteiger partial charge in [-0.15, -0.1) is 23.7 Å². The number of nitrogens with one attached hydrogen (secondary N) is 3. The SMILES string of the molecule is CNCCNC(=O)c1cccc(NC(=O)CCCc2cccs2)c1.Cl. The summed E-state index contributed by atoms with van der Waals surface area (Å²) in [5.74, 6) is -0.168. The highest BCUT2D eigenvalue weighted by Gasteiger charge is 2.07. The Morgan fingerprint density at radius 2 is 1.96 bits per heavy atom. The van der Waals surface area contributed by atoms with Gasteiger partial charge in [0.15, 0.2) is 0 Å². The lowest BCUT2D eigenvalue weighted by Crippen LogP contribution is -2.30. The van der Waals surface area contributed by atoms with E-state index in [1.807, 2.05) is 18.5 Å². The number of carbonyl (C=O) groups is 2. The van der Waals surface area contributed by atoms with E-state index in [2.05, 4.69) is 22.0 Å². The van der Waals surface area contributed by atoms with Crippen LogP contribution in [-0.4, -0.2) is 32.0 Å². The molecule has 0 unspecified atom stereocenters. The van der Waals surface area contributed by atoms with Gasteiger partial charge < -0.3 is 16.0 Å². The molecule has 0 fully saturated rings. The van der Waals surface area contributed by atoms with Crippen LogP contribution in [0, 0.1) is 0 Å². The van der Waals surface area contributed by atoms with Crippen molar-refractivity contribution >= 4 is 41.2 Å². The Balaban J connectivity index is 0.00000312. The molecule has 0 atom stereocenters. The van der Waals surface area contributed by atoms with Crippen LogP contribution in [0.15, 0.2) is 41.8 Å². The Morgan fingerprint density at radius 1 is 1.12 bits per heavy atom. The van der Waals surface area contributed by atoms with Gasteiger partial charge in [0.05, 0.1) is 0 Å². The third-order valence-corrected chi connectivity index (χ3v) is 4.41. The quantitative estimate of drug-likeness (QED) is 0.584. The van der Waals surface area contributed by atoms with Gasteiger partial charge in [-0.2, -0.15) is 0 Å². The average Bonchev–Trinajstić information content (AvgIpc) is 3.08. The molecule has 7 heteroatoms. The molecule has 25 heavy (non-hydrogen) atoms. The highest BCUT2D eigenvalue weighted by Crippen LogP contribution is 2.14. The molecule has 1 heterocycles. The van der Waals surface area contributed by atoms with E-state index in [4.69, 9.17) is 0 Å². The molecule has 0 aliphatic heterocycles. The zero-order chi connectivity index (χ0) is 17.2. The Hall–Kier alpha value is -1.89. The molecule has 0 spiro atoms. The molecule has 0 saturated carbocycles. The van der Waals surface area contributed by atoms with Gasteiger partial charge in [0, 0.05) is 35.6 Å². The smallest absolute Gasteiger partial charge is 0.251 e. The highest BCUT2D eigenvalue weighted by molar-refractivity contribution is 7.09. The van der Waals surface area contributed by atoms with Crippen LogP contribution in [0.3, 0.4) is 0 Å². The van der Waals surface area contributed by atoms with Crippen LogP contribution in [0.5, 0.6) is 0 Å². The van der Waals surface area contributed by atoms with Crippen LogP contribution in [0.25, 0.3) is 0 Å². The van der Waals surface area contributed by atoms with Crippen molar-refractivity contribution in [1.82, 2.24) is 10.6 Å². The van der Waals surface area contributed by atoms with Gasteiger partial charge in [-0.1, -0.05) is 12.1 Å². The number of halogens is 1. The highest BCUT2D eigenvalue weighted by atomic mass is 35.5. The summed E-state index contributed by atoms with van der Waals surface area (Å²) < 4.78 is 0. The van der Waals surface area contributed by atoms with Crippen LogP contribution >= 0.6 is 23.7 Å². The predicted molar refractivity (Wildman–Crippen MR) is 106 cm³/mol. The molecule has 0 bridgehead atoms. The number of likely N-dealkylation sites (N-methyl/N-ethyl adjacent to an activating group) is 1. The topological polar surface area (TPSA) is 70.2 Å². The summed E-state index contributed by atoms with van der Waals surface area (Å²) in [6.07, 6.45) is 2.20. The second-order valence-electron chi connectivity index (χ2n) is 5.42. The monoisotopic (exact) mass is 381 g/mol. The molecule has 0 aliphatic rings. The molecule has 1 aromatic carbocycles. The van der Waals surface area contributed by atoms with Gasteiger partial charge in [-0.25, -0.2) is 0 Å². The predicted octanol–water partition coefficient (Wildman–Crippen LogP) is 3.08. The zero-order valence-corrected chi connectivity index (χ0v) is 15.8. The van der Waals surface area contributed by atoms with E-state index < -0.39 is 0 Å². The van der Waals surface area contributed by atoms with Crippen molar-refractivity contribution in [2.24, 2.45) is 0 Å². The second-order valence-corrected chi connectivity index (χ2v) is 6.45. The van der Waals surface area contributed by atoms with Crippen molar-refractivity contribution in [3.8, 4) is 0 Å². The van der Waals surface area contributed by atoms with Crippen molar-refractivity contribution in [2.45, 2.75) is 19.3 Å². The summed E-state index contributed by atoms with van der Waals surface area (Å²) in [5, 5.41) is 10.7.